The van der Waals surface area contributed by atoms with Crippen LogP contribution in [0.2, 0.25) is 0 Å². The second-order valence-electron chi connectivity index (χ2n) is 5.75. The molecule has 0 saturated carbocycles. The number of hydrogen-bond acceptors (Lipinski definition) is 4. The van der Waals surface area contributed by atoms with E-state index in [4.69, 9.17) is 0 Å². The molecule has 21 heavy (non-hydrogen) atoms. The van der Waals surface area contributed by atoms with Crippen molar-refractivity contribution in [3.8, 4) is 0 Å². The molecule has 4 rings (SSSR count). The molecule has 0 N–H and O–H groups in total. The monoisotopic (exact) mass is 299 g/mol. The number of thiophene rings is 1. The molecule has 0 unspecified atom stereocenters. The van der Waals surface area contributed by atoms with Gasteiger partial charge in [0.05, 0.1) is 11.4 Å². The molecular formula is C16H17N3OS. The van der Waals surface area contributed by atoms with E-state index in [1.807, 2.05) is 16.1 Å². The number of rotatable bonds is 0. The van der Waals surface area contributed by atoms with Crippen molar-refractivity contribution >= 4 is 22.7 Å². The first kappa shape index (κ1) is 13.0. The molecule has 2 aliphatic rings. The van der Waals surface area contributed by atoms with Crippen LogP contribution < -0.4 is 0 Å². The molecule has 2 aromatic rings. The highest BCUT2D eigenvalue weighted by Gasteiger charge is 2.28. The van der Waals surface area contributed by atoms with Gasteiger partial charge in [0.15, 0.2) is 5.78 Å². The van der Waals surface area contributed by atoms with Crippen molar-refractivity contribution in [2.24, 2.45) is 0 Å². The Morgan fingerprint density at radius 1 is 1.29 bits per heavy atom. The van der Waals surface area contributed by atoms with Crippen LogP contribution in [0.5, 0.6) is 0 Å². The molecule has 0 bridgehead atoms. The van der Waals surface area contributed by atoms with Crippen molar-refractivity contribution in [1.82, 2.24) is 14.5 Å². The predicted octanol–water partition coefficient (Wildman–Crippen LogP) is 2.67. The first-order chi connectivity index (χ1) is 10.2. The molecule has 0 aliphatic carbocycles. The van der Waals surface area contributed by atoms with Gasteiger partial charge in [0, 0.05) is 36.6 Å². The highest BCUT2D eigenvalue weighted by molar-refractivity contribution is 7.12. The minimum Gasteiger partial charge on any atom is -0.323 e. The largest absolute Gasteiger partial charge is 0.323 e. The maximum atomic E-state index is 12.4. The number of hydrogen-bond donors (Lipinski definition) is 0. The normalized spacial score (nSPS) is 19.4. The van der Waals surface area contributed by atoms with E-state index in [9.17, 15) is 4.79 Å². The molecule has 1 saturated heterocycles. The molecule has 4 nitrogen and oxygen atoms in total. The third-order valence-electron chi connectivity index (χ3n) is 4.39. The maximum Gasteiger partial charge on any atom is 0.193 e. The molecular weight excluding hydrogens is 282 g/mol. The lowest BCUT2D eigenvalue weighted by Crippen LogP contribution is -2.27. The quantitative estimate of drug-likeness (QED) is 0.750. The number of likely N-dealkylation sites (tertiary alicyclic amines) is 1. The van der Waals surface area contributed by atoms with Gasteiger partial charge in [-0.15, -0.1) is 11.3 Å². The Morgan fingerprint density at radius 3 is 2.90 bits per heavy atom. The van der Waals surface area contributed by atoms with Gasteiger partial charge in [-0.2, -0.15) is 0 Å². The number of ketones is 1. The number of nitrogens with zero attached hydrogens (tertiary/aromatic N) is 3. The molecule has 0 atom stereocenters. The van der Waals surface area contributed by atoms with Crippen LogP contribution in [0.15, 0.2) is 29.4 Å². The van der Waals surface area contributed by atoms with Gasteiger partial charge in [-0.1, -0.05) is 5.57 Å². The molecule has 0 aromatic carbocycles. The Hall–Kier alpha value is -1.72. The summed E-state index contributed by atoms with van der Waals surface area (Å²) in [4.78, 5) is 20.2. The van der Waals surface area contributed by atoms with Crippen LogP contribution in [0.3, 0.4) is 0 Å². The molecule has 0 spiro atoms. The van der Waals surface area contributed by atoms with Crippen LogP contribution >= 0.6 is 11.3 Å². The molecule has 2 aromatic heterocycles. The second kappa shape index (κ2) is 4.93. The van der Waals surface area contributed by atoms with Gasteiger partial charge in [-0.3, -0.25) is 4.79 Å². The van der Waals surface area contributed by atoms with Crippen molar-refractivity contribution < 1.29 is 4.79 Å². The topological polar surface area (TPSA) is 38.1 Å². The summed E-state index contributed by atoms with van der Waals surface area (Å²) < 4.78 is 2.00. The summed E-state index contributed by atoms with van der Waals surface area (Å²) in [5.74, 6) is 1.16. The van der Waals surface area contributed by atoms with Crippen molar-refractivity contribution in [3.05, 3.63) is 45.7 Å². The first-order valence-electron chi connectivity index (χ1n) is 7.27. The average Bonchev–Trinajstić information content (AvgIpc) is 3.10. The zero-order valence-electron chi connectivity index (χ0n) is 12.0. The van der Waals surface area contributed by atoms with E-state index < -0.39 is 0 Å². The van der Waals surface area contributed by atoms with Crippen LogP contribution in [-0.4, -0.2) is 40.4 Å². The summed E-state index contributed by atoms with van der Waals surface area (Å²) in [6, 6.07) is 2.09. The van der Waals surface area contributed by atoms with E-state index in [2.05, 4.69) is 23.0 Å². The van der Waals surface area contributed by atoms with Crippen molar-refractivity contribution in [2.75, 3.05) is 20.1 Å². The van der Waals surface area contributed by atoms with Crippen LogP contribution in [-0.2, 0) is 6.54 Å². The van der Waals surface area contributed by atoms with Gasteiger partial charge in [0.2, 0.25) is 0 Å². The van der Waals surface area contributed by atoms with Gasteiger partial charge in [-0.05, 0) is 31.3 Å². The van der Waals surface area contributed by atoms with Crippen molar-refractivity contribution in [3.63, 3.8) is 0 Å². The van der Waals surface area contributed by atoms with Crippen LogP contribution in [0.4, 0.5) is 0 Å². The lowest BCUT2D eigenvalue weighted by molar-refractivity contribution is 0.0977. The molecule has 1 fully saturated rings. The van der Waals surface area contributed by atoms with E-state index >= 15 is 0 Å². The minimum absolute atomic E-state index is 0.197. The van der Waals surface area contributed by atoms with Crippen LogP contribution in [0.1, 0.15) is 33.9 Å². The molecule has 5 heteroatoms. The van der Waals surface area contributed by atoms with Crippen LogP contribution in [0, 0.1) is 0 Å². The number of imidazole rings is 1. The standard InChI is InChI=1S/C16H17N3OS/c1-18-6-2-11(3-7-18)14-12-4-9-21-15(12)13(20)10-19-8-5-17-16(14)19/h4-5,8-9H,2-3,6-7,10H2,1H3. The Kier molecular flexibility index (Phi) is 3.05. The number of fused-ring (bicyclic) bond motifs is 2. The van der Waals surface area contributed by atoms with E-state index in [0.29, 0.717) is 6.54 Å². The number of carbonyl (C=O) groups is 1. The van der Waals surface area contributed by atoms with E-state index in [0.717, 1.165) is 42.2 Å². The molecule has 0 amide bonds. The van der Waals surface area contributed by atoms with Gasteiger partial charge in [0.25, 0.3) is 0 Å². The third-order valence-corrected chi connectivity index (χ3v) is 5.34. The van der Waals surface area contributed by atoms with Gasteiger partial charge in [-0.25, -0.2) is 4.98 Å². The molecule has 0 radical (unpaired) electrons. The minimum atomic E-state index is 0.197. The van der Waals surface area contributed by atoms with Gasteiger partial charge < -0.3 is 9.47 Å². The summed E-state index contributed by atoms with van der Waals surface area (Å²) in [5, 5.41) is 2.02. The summed E-state index contributed by atoms with van der Waals surface area (Å²) >= 11 is 1.55. The van der Waals surface area contributed by atoms with E-state index in [-0.39, 0.29) is 5.78 Å². The van der Waals surface area contributed by atoms with E-state index in [1.54, 1.807) is 17.5 Å². The zero-order valence-corrected chi connectivity index (χ0v) is 12.8. The highest BCUT2D eigenvalue weighted by Crippen LogP contribution is 2.37. The van der Waals surface area contributed by atoms with Crippen molar-refractivity contribution in [1.29, 1.82) is 0 Å². The second-order valence-corrected chi connectivity index (χ2v) is 6.66. The Bertz CT molecular complexity index is 730. The third kappa shape index (κ3) is 2.08. The Labute approximate surface area is 127 Å². The Balaban J connectivity index is 1.94. The van der Waals surface area contributed by atoms with Gasteiger partial charge >= 0.3 is 0 Å². The summed E-state index contributed by atoms with van der Waals surface area (Å²) in [6.45, 7) is 2.56. The summed E-state index contributed by atoms with van der Waals surface area (Å²) in [6.07, 6.45) is 5.83. The van der Waals surface area contributed by atoms with Crippen molar-refractivity contribution in [2.45, 2.75) is 19.4 Å². The zero-order chi connectivity index (χ0) is 14.4. The lowest BCUT2D eigenvalue weighted by atomic mass is 9.93. The SMILES string of the molecule is CN1CCC(=C2c3ccsc3C(=O)Cn3ccnc32)CC1. The molecule has 2 aliphatic heterocycles. The fraction of sp³-hybridized carbons (Fsp3) is 0.375. The Morgan fingerprint density at radius 2 is 2.10 bits per heavy atom. The number of Topliss-reactive ketones (excluding diaryl/α,β-unsaturated/α-hetero) is 1. The van der Waals surface area contributed by atoms with Gasteiger partial charge in [0.1, 0.15) is 5.82 Å². The van der Waals surface area contributed by atoms with E-state index in [1.165, 1.54) is 11.1 Å². The number of carbonyl (C=O) groups excluding carboxylic acids is 1. The lowest BCUT2D eigenvalue weighted by Gasteiger charge is -2.26. The summed E-state index contributed by atoms with van der Waals surface area (Å²) in [5.41, 5.74) is 3.74. The first-order valence-corrected chi connectivity index (χ1v) is 8.15. The van der Waals surface area contributed by atoms with Crippen LogP contribution in [0.25, 0.3) is 5.57 Å². The predicted molar refractivity (Wildman–Crippen MR) is 83.6 cm³/mol. The summed E-state index contributed by atoms with van der Waals surface area (Å²) in [7, 11) is 2.16. The fourth-order valence-electron chi connectivity index (χ4n) is 3.22. The average molecular weight is 299 g/mol. The number of aromatic nitrogens is 2. The fourth-order valence-corrected chi connectivity index (χ4v) is 4.05. The number of piperidine rings is 1. The maximum absolute atomic E-state index is 12.4. The smallest absolute Gasteiger partial charge is 0.193 e. The highest BCUT2D eigenvalue weighted by atomic mass is 32.1. The molecule has 108 valence electrons. The molecule has 4 heterocycles.